The fourth-order valence-corrected chi connectivity index (χ4v) is 3.05. The molecule has 5 nitrogen and oxygen atoms in total. The van der Waals surface area contributed by atoms with Crippen molar-refractivity contribution in [2.24, 2.45) is 0 Å². The van der Waals surface area contributed by atoms with Gasteiger partial charge in [-0.1, -0.05) is 29.8 Å². The SMILES string of the molecule is O=C1Nc2ccccc2C1=Cc1ccc(-c2ccc(Cl)c(C(=O)O)c2)o1. The quantitative estimate of drug-likeness (QED) is 0.654. The first kappa shape index (κ1) is 16.2. The molecule has 0 spiro atoms. The second kappa shape index (κ2) is 6.20. The van der Waals surface area contributed by atoms with Crippen LogP contribution in [0.5, 0.6) is 0 Å². The molecule has 6 heteroatoms. The summed E-state index contributed by atoms with van der Waals surface area (Å²) < 4.78 is 5.78. The van der Waals surface area contributed by atoms with E-state index in [1.165, 1.54) is 12.1 Å². The fourth-order valence-electron chi connectivity index (χ4n) is 2.85. The summed E-state index contributed by atoms with van der Waals surface area (Å²) in [6, 6.07) is 15.5. The number of benzene rings is 2. The number of nitrogens with one attached hydrogen (secondary N) is 1. The van der Waals surface area contributed by atoms with Crippen LogP contribution in [0.2, 0.25) is 5.02 Å². The number of anilines is 1. The van der Waals surface area contributed by atoms with E-state index >= 15 is 0 Å². The predicted octanol–water partition coefficient (Wildman–Crippen LogP) is 4.79. The van der Waals surface area contributed by atoms with E-state index in [2.05, 4.69) is 5.32 Å². The first-order valence-electron chi connectivity index (χ1n) is 7.78. The van der Waals surface area contributed by atoms with E-state index < -0.39 is 5.97 Å². The molecule has 2 N–H and O–H groups in total. The van der Waals surface area contributed by atoms with Crippen molar-refractivity contribution in [3.05, 3.63) is 76.5 Å². The largest absolute Gasteiger partial charge is 0.478 e. The molecule has 4 rings (SSSR count). The fraction of sp³-hybridized carbons (Fsp3) is 0. The average Bonchev–Trinajstić information content (AvgIpc) is 3.21. The number of aromatic carboxylic acids is 1. The molecule has 0 unspecified atom stereocenters. The summed E-state index contributed by atoms with van der Waals surface area (Å²) in [5.41, 5.74) is 2.69. The van der Waals surface area contributed by atoms with Crippen molar-refractivity contribution in [2.45, 2.75) is 0 Å². The van der Waals surface area contributed by atoms with Crippen molar-refractivity contribution in [1.82, 2.24) is 0 Å². The van der Waals surface area contributed by atoms with E-state index in [4.69, 9.17) is 16.0 Å². The summed E-state index contributed by atoms with van der Waals surface area (Å²) in [4.78, 5) is 23.4. The Labute approximate surface area is 153 Å². The molecule has 3 aromatic rings. The van der Waals surface area contributed by atoms with Crippen LogP contribution in [-0.4, -0.2) is 17.0 Å². The second-order valence-electron chi connectivity index (χ2n) is 5.76. The summed E-state index contributed by atoms with van der Waals surface area (Å²) in [5.74, 6) is -0.315. The number of carboxylic acid groups (broad SMARTS) is 1. The standard InChI is InChI=1S/C20H12ClNO4/c21-16-7-5-11(9-15(16)20(24)25)18-8-6-12(26-18)10-14-13-3-1-2-4-17(13)22-19(14)23/h1-10H,(H,22,23)(H,24,25). The molecule has 0 bridgehead atoms. The Morgan fingerprint density at radius 3 is 2.73 bits per heavy atom. The summed E-state index contributed by atoms with van der Waals surface area (Å²) in [5, 5.41) is 12.2. The van der Waals surface area contributed by atoms with Gasteiger partial charge >= 0.3 is 5.97 Å². The smallest absolute Gasteiger partial charge is 0.337 e. The van der Waals surface area contributed by atoms with Gasteiger partial charge < -0.3 is 14.8 Å². The third kappa shape index (κ3) is 2.78. The van der Waals surface area contributed by atoms with Crippen LogP contribution in [0.1, 0.15) is 21.7 Å². The van der Waals surface area contributed by atoms with Crippen LogP contribution in [-0.2, 0) is 4.79 Å². The third-order valence-corrected chi connectivity index (χ3v) is 4.43. The first-order valence-corrected chi connectivity index (χ1v) is 8.16. The van der Waals surface area contributed by atoms with Gasteiger partial charge in [0.2, 0.25) is 0 Å². The van der Waals surface area contributed by atoms with Gasteiger partial charge in [-0.25, -0.2) is 4.79 Å². The average molecular weight is 366 g/mol. The lowest BCUT2D eigenvalue weighted by Crippen LogP contribution is -2.03. The van der Waals surface area contributed by atoms with Crippen LogP contribution >= 0.6 is 11.6 Å². The maximum Gasteiger partial charge on any atom is 0.337 e. The van der Waals surface area contributed by atoms with Gasteiger partial charge in [0.05, 0.1) is 16.2 Å². The molecule has 26 heavy (non-hydrogen) atoms. The molecule has 1 aliphatic rings. The van der Waals surface area contributed by atoms with Gasteiger partial charge in [0.15, 0.2) is 0 Å². The molecule has 1 amide bonds. The Morgan fingerprint density at radius 2 is 1.92 bits per heavy atom. The van der Waals surface area contributed by atoms with Gasteiger partial charge in [0.25, 0.3) is 5.91 Å². The molecule has 1 aromatic heterocycles. The minimum atomic E-state index is -1.11. The molecule has 2 heterocycles. The molecule has 2 aromatic carbocycles. The van der Waals surface area contributed by atoms with Gasteiger partial charge in [-0.3, -0.25) is 4.79 Å². The van der Waals surface area contributed by atoms with Crippen molar-refractivity contribution in [3.8, 4) is 11.3 Å². The normalized spacial score (nSPS) is 14.3. The molecule has 0 saturated heterocycles. The Kier molecular flexibility index (Phi) is 3.86. The van der Waals surface area contributed by atoms with Crippen LogP contribution in [0.4, 0.5) is 5.69 Å². The predicted molar refractivity (Wildman–Crippen MR) is 99.1 cm³/mol. The Bertz CT molecular complexity index is 1080. The summed E-state index contributed by atoms with van der Waals surface area (Å²) >= 11 is 5.90. The Morgan fingerprint density at radius 1 is 1.12 bits per heavy atom. The van der Waals surface area contributed by atoms with Crippen LogP contribution in [0.15, 0.2) is 59.0 Å². The molecule has 0 radical (unpaired) electrons. The molecule has 0 saturated carbocycles. The maximum absolute atomic E-state index is 12.2. The van der Waals surface area contributed by atoms with Crippen molar-refractivity contribution in [2.75, 3.05) is 5.32 Å². The number of carbonyl (C=O) groups excluding carboxylic acids is 1. The molecule has 0 fully saturated rings. The van der Waals surface area contributed by atoms with Crippen LogP contribution in [0.25, 0.3) is 23.0 Å². The van der Waals surface area contributed by atoms with Gasteiger partial charge in [-0.15, -0.1) is 0 Å². The monoisotopic (exact) mass is 365 g/mol. The number of halogens is 1. The highest BCUT2D eigenvalue weighted by Crippen LogP contribution is 2.34. The van der Waals surface area contributed by atoms with Crippen LogP contribution in [0.3, 0.4) is 0 Å². The van der Waals surface area contributed by atoms with Crippen molar-refractivity contribution in [3.63, 3.8) is 0 Å². The number of carboxylic acids is 1. The zero-order valence-electron chi connectivity index (χ0n) is 13.3. The highest BCUT2D eigenvalue weighted by Gasteiger charge is 2.23. The lowest BCUT2D eigenvalue weighted by Gasteiger charge is -2.02. The number of carbonyl (C=O) groups is 2. The number of fused-ring (bicyclic) bond motifs is 1. The highest BCUT2D eigenvalue weighted by molar-refractivity contribution is 6.35. The molecular weight excluding hydrogens is 354 g/mol. The van der Waals surface area contributed by atoms with Crippen LogP contribution < -0.4 is 5.32 Å². The highest BCUT2D eigenvalue weighted by atomic mass is 35.5. The number of amides is 1. The van der Waals surface area contributed by atoms with Crippen LogP contribution in [0, 0.1) is 0 Å². The van der Waals surface area contributed by atoms with Gasteiger partial charge in [0.1, 0.15) is 11.5 Å². The maximum atomic E-state index is 12.2. The van der Waals surface area contributed by atoms with Crippen molar-refractivity contribution in [1.29, 1.82) is 0 Å². The zero-order valence-corrected chi connectivity index (χ0v) is 14.1. The Balaban J connectivity index is 1.71. The van der Waals surface area contributed by atoms with Crippen molar-refractivity contribution < 1.29 is 19.1 Å². The number of furan rings is 1. The third-order valence-electron chi connectivity index (χ3n) is 4.10. The number of hydrogen-bond donors (Lipinski definition) is 2. The van der Waals surface area contributed by atoms with E-state index in [1.54, 1.807) is 24.3 Å². The summed E-state index contributed by atoms with van der Waals surface area (Å²) in [7, 11) is 0. The molecule has 0 atom stereocenters. The van der Waals surface area contributed by atoms with Crippen molar-refractivity contribution >= 4 is 40.8 Å². The number of para-hydroxylation sites is 1. The minimum absolute atomic E-state index is 0.00423. The van der Waals surface area contributed by atoms with E-state index in [1.807, 2.05) is 24.3 Å². The van der Waals surface area contributed by atoms with E-state index in [9.17, 15) is 14.7 Å². The number of hydrogen-bond acceptors (Lipinski definition) is 3. The zero-order chi connectivity index (χ0) is 18.3. The molecule has 128 valence electrons. The Hall–Kier alpha value is -3.31. The second-order valence-corrected chi connectivity index (χ2v) is 6.17. The summed E-state index contributed by atoms with van der Waals surface area (Å²) in [6.07, 6.45) is 1.67. The minimum Gasteiger partial charge on any atom is -0.478 e. The molecular formula is C20H12ClNO4. The topological polar surface area (TPSA) is 79.5 Å². The molecule has 0 aliphatic carbocycles. The lowest BCUT2D eigenvalue weighted by atomic mass is 10.1. The van der Waals surface area contributed by atoms with E-state index in [0.717, 1.165) is 11.3 Å². The summed E-state index contributed by atoms with van der Waals surface area (Å²) in [6.45, 7) is 0. The first-order chi connectivity index (χ1) is 12.5. The van der Waals surface area contributed by atoms with E-state index in [-0.39, 0.29) is 16.5 Å². The molecule has 1 aliphatic heterocycles. The van der Waals surface area contributed by atoms with Gasteiger partial charge in [-0.05, 0) is 42.5 Å². The van der Waals surface area contributed by atoms with Gasteiger partial charge in [0, 0.05) is 16.8 Å². The van der Waals surface area contributed by atoms with E-state index in [0.29, 0.717) is 22.7 Å². The number of rotatable bonds is 3. The lowest BCUT2D eigenvalue weighted by molar-refractivity contribution is -0.110. The van der Waals surface area contributed by atoms with Gasteiger partial charge in [-0.2, -0.15) is 0 Å².